The third kappa shape index (κ3) is 2.67. The maximum absolute atomic E-state index is 13.3. The molecule has 5 heteroatoms. The minimum Gasteiger partial charge on any atom is -0.315 e. The minimum absolute atomic E-state index is 0.230. The predicted octanol–water partition coefficient (Wildman–Crippen LogP) is 2.04. The first-order valence-corrected chi connectivity index (χ1v) is 7.95. The first kappa shape index (κ1) is 16.2. The fraction of sp³-hybridized carbons (Fsp3) is 0.263. The summed E-state index contributed by atoms with van der Waals surface area (Å²) in [5, 5.41) is 2.94. The van der Waals surface area contributed by atoms with E-state index in [0.717, 1.165) is 11.1 Å². The lowest BCUT2D eigenvalue weighted by molar-refractivity contribution is -0.130. The molecular weight excluding hydrogens is 302 g/mol. The third-order valence-electron chi connectivity index (χ3n) is 4.29. The van der Waals surface area contributed by atoms with E-state index in [1.807, 2.05) is 79.7 Å². The molecule has 1 N–H and O–H groups in total. The van der Waals surface area contributed by atoms with Gasteiger partial charge in [0.1, 0.15) is 0 Å². The molecule has 0 bridgehead atoms. The largest absolute Gasteiger partial charge is 0.325 e. The van der Waals surface area contributed by atoms with Gasteiger partial charge in [-0.15, -0.1) is 0 Å². The smallest absolute Gasteiger partial charge is 0.315 e. The fourth-order valence-electron chi connectivity index (χ4n) is 3.01. The van der Waals surface area contributed by atoms with Crippen molar-refractivity contribution < 1.29 is 9.59 Å². The lowest BCUT2D eigenvalue weighted by Gasteiger charge is -2.28. The Balaban J connectivity index is 2.07. The van der Waals surface area contributed by atoms with Gasteiger partial charge in [0, 0.05) is 13.1 Å². The summed E-state index contributed by atoms with van der Waals surface area (Å²) >= 11 is 0. The highest BCUT2D eigenvalue weighted by Gasteiger charge is 2.53. The minimum atomic E-state index is -1.16. The van der Waals surface area contributed by atoms with E-state index in [0.29, 0.717) is 13.1 Å². The van der Waals surface area contributed by atoms with E-state index in [2.05, 4.69) is 5.32 Å². The van der Waals surface area contributed by atoms with E-state index in [4.69, 9.17) is 0 Å². The van der Waals surface area contributed by atoms with Crippen LogP contribution in [0.5, 0.6) is 0 Å². The highest BCUT2D eigenvalue weighted by atomic mass is 16.2. The molecule has 3 rings (SSSR count). The molecule has 2 aromatic carbocycles. The van der Waals surface area contributed by atoms with Crippen molar-refractivity contribution in [3.63, 3.8) is 0 Å². The van der Waals surface area contributed by atoms with Gasteiger partial charge >= 0.3 is 6.03 Å². The van der Waals surface area contributed by atoms with E-state index in [1.165, 1.54) is 4.90 Å². The van der Waals surface area contributed by atoms with Crippen LogP contribution in [0, 0.1) is 0 Å². The molecule has 1 aliphatic rings. The number of carbonyl (C=O) groups excluding carboxylic acids is 2. The van der Waals surface area contributed by atoms with Gasteiger partial charge in [-0.3, -0.25) is 9.69 Å². The Hall–Kier alpha value is -2.66. The highest BCUT2D eigenvalue weighted by molar-refractivity contribution is 6.09. The number of hydrogen-bond donors (Lipinski definition) is 1. The van der Waals surface area contributed by atoms with Crippen LogP contribution in [0.3, 0.4) is 0 Å². The molecule has 0 aliphatic carbocycles. The summed E-state index contributed by atoms with van der Waals surface area (Å²) in [6.45, 7) is 0.984. The summed E-state index contributed by atoms with van der Waals surface area (Å²) in [7, 11) is 3.83. The molecule has 1 fully saturated rings. The topological polar surface area (TPSA) is 52.6 Å². The van der Waals surface area contributed by atoms with Crippen molar-refractivity contribution in [2.24, 2.45) is 0 Å². The standard InChI is InChI=1S/C19H21N3O2/c1-21(2)13-14-22-17(23)19(20-18(22)24,15-9-5-3-6-10-15)16-11-7-4-8-12-16/h3-12H,13-14H2,1-2H3,(H,20,24). The number of rotatable bonds is 5. The number of imide groups is 1. The Morgan fingerprint density at radius 1 is 0.917 bits per heavy atom. The zero-order valence-electron chi connectivity index (χ0n) is 13.9. The maximum atomic E-state index is 13.3. The van der Waals surface area contributed by atoms with Gasteiger partial charge in [-0.25, -0.2) is 4.79 Å². The second-order valence-corrected chi connectivity index (χ2v) is 6.17. The van der Waals surface area contributed by atoms with E-state index in [-0.39, 0.29) is 11.9 Å². The number of carbonyl (C=O) groups is 2. The summed E-state index contributed by atoms with van der Waals surface area (Å²) in [5.41, 5.74) is 0.371. The van der Waals surface area contributed by atoms with Crippen molar-refractivity contribution in [2.75, 3.05) is 27.2 Å². The number of nitrogens with zero attached hydrogens (tertiary/aromatic N) is 2. The van der Waals surface area contributed by atoms with Gasteiger partial charge in [0.05, 0.1) is 0 Å². The van der Waals surface area contributed by atoms with Crippen molar-refractivity contribution in [1.82, 2.24) is 15.1 Å². The van der Waals surface area contributed by atoms with Crippen LogP contribution in [0.25, 0.3) is 0 Å². The van der Waals surface area contributed by atoms with Crippen LogP contribution in [-0.4, -0.2) is 48.9 Å². The Morgan fingerprint density at radius 3 is 1.88 bits per heavy atom. The SMILES string of the molecule is CN(C)CCN1C(=O)NC(c2ccccc2)(c2ccccc2)C1=O. The highest BCUT2D eigenvalue weighted by Crippen LogP contribution is 2.35. The van der Waals surface area contributed by atoms with E-state index < -0.39 is 5.54 Å². The van der Waals surface area contributed by atoms with Crippen molar-refractivity contribution in [3.05, 3.63) is 71.8 Å². The number of hydrogen-bond acceptors (Lipinski definition) is 3. The van der Waals surface area contributed by atoms with E-state index in [9.17, 15) is 9.59 Å². The van der Waals surface area contributed by atoms with Crippen LogP contribution in [0.1, 0.15) is 11.1 Å². The fourth-order valence-corrected chi connectivity index (χ4v) is 3.01. The van der Waals surface area contributed by atoms with Gasteiger partial charge in [0.25, 0.3) is 5.91 Å². The van der Waals surface area contributed by atoms with Gasteiger partial charge in [-0.1, -0.05) is 60.7 Å². The quantitative estimate of drug-likeness (QED) is 0.857. The van der Waals surface area contributed by atoms with Crippen molar-refractivity contribution >= 4 is 11.9 Å². The second-order valence-electron chi connectivity index (χ2n) is 6.17. The molecule has 5 nitrogen and oxygen atoms in total. The molecule has 0 radical (unpaired) electrons. The predicted molar refractivity (Wildman–Crippen MR) is 92.5 cm³/mol. The number of urea groups is 1. The van der Waals surface area contributed by atoms with Gasteiger partial charge in [0.2, 0.25) is 0 Å². The van der Waals surface area contributed by atoms with Crippen LogP contribution in [0.15, 0.2) is 60.7 Å². The number of likely N-dealkylation sites (N-methyl/N-ethyl adjacent to an activating group) is 1. The van der Waals surface area contributed by atoms with Gasteiger partial charge in [0.15, 0.2) is 5.54 Å². The summed E-state index contributed by atoms with van der Waals surface area (Å²) in [5.74, 6) is -0.230. The zero-order valence-corrected chi connectivity index (χ0v) is 13.9. The number of nitrogens with one attached hydrogen (secondary N) is 1. The van der Waals surface area contributed by atoms with Crippen LogP contribution >= 0.6 is 0 Å². The van der Waals surface area contributed by atoms with Crippen LogP contribution in [-0.2, 0) is 10.3 Å². The molecule has 0 unspecified atom stereocenters. The molecule has 1 saturated heterocycles. The average molecular weight is 323 g/mol. The molecule has 124 valence electrons. The van der Waals surface area contributed by atoms with Crippen molar-refractivity contribution in [2.45, 2.75) is 5.54 Å². The molecule has 0 atom stereocenters. The van der Waals surface area contributed by atoms with E-state index >= 15 is 0 Å². The zero-order chi connectivity index (χ0) is 17.2. The van der Waals surface area contributed by atoms with Gasteiger partial charge in [-0.05, 0) is 25.2 Å². The molecule has 2 aromatic rings. The maximum Gasteiger partial charge on any atom is 0.325 e. The van der Waals surface area contributed by atoms with Crippen LogP contribution in [0.4, 0.5) is 4.79 Å². The summed E-state index contributed by atoms with van der Waals surface area (Å²) in [6.07, 6.45) is 0. The molecule has 1 heterocycles. The lowest BCUT2D eigenvalue weighted by atomic mass is 9.82. The normalized spacial score (nSPS) is 16.5. The van der Waals surface area contributed by atoms with E-state index in [1.54, 1.807) is 0 Å². The lowest BCUT2D eigenvalue weighted by Crippen LogP contribution is -2.45. The molecule has 3 amide bonds. The Bertz CT molecular complexity index is 689. The first-order chi connectivity index (χ1) is 11.6. The summed E-state index contributed by atoms with van der Waals surface area (Å²) < 4.78 is 0. The molecule has 0 saturated carbocycles. The Labute approximate surface area is 141 Å². The Morgan fingerprint density at radius 2 is 1.42 bits per heavy atom. The molecule has 0 aromatic heterocycles. The average Bonchev–Trinajstić information content (AvgIpc) is 2.86. The Kier molecular flexibility index (Phi) is 4.36. The molecule has 24 heavy (non-hydrogen) atoms. The van der Waals surface area contributed by atoms with Gasteiger partial charge in [-0.2, -0.15) is 0 Å². The second kappa shape index (κ2) is 6.45. The van der Waals surface area contributed by atoms with Crippen LogP contribution in [0.2, 0.25) is 0 Å². The van der Waals surface area contributed by atoms with Crippen LogP contribution < -0.4 is 5.32 Å². The monoisotopic (exact) mass is 323 g/mol. The molecule has 0 spiro atoms. The molecular formula is C19H21N3O2. The van der Waals surface area contributed by atoms with Crippen molar-refractivity contribution in [1.29, 1.82) is 0 Å². The first-order valence-electron chi connectivity index (χ1n) is 7.95. The molecule has 1 aliphatic heterocycles. The summed E-state index contributed by atoms with van der Waals surface area (Å²) in [4.78, 5) is 29.1. The van der Waals surface area contributed by atoms with Crippen molar-refractivity contribution in [3.8, 4) is 0 Å². The number of benzene rings is 2. The van der Waals surface area contributed by atoms with Gasteiger partial charge < -0.3 is 10.2 Å². The number of amides is 3. The third-order valence-corrected chi connectivity index (χ3v) is 4.29. The summed E-state index contributed by atoms with van der Waals surface area (Å²) in [6, 6.07) is 18.5.